The highest BCUT2D eigenvalue weighted by Crippen LogP contribution is 2.20. The Morgan fingerprint density at radius 2 is 1.64 bits per heavy atom. The van der Waals surface area contributed by atoms with Crippen LogP contribution in [0.5, 0.6) is 0 Å². The number of para-hydroxylation sites is 1. The van der Waals surface area contributed by atoms with Crippen molar-refractivity contribution in [1.29, 1.82) is 5.26 Å². The molecular formula is C21H15ClN4O2. The molecule has 28 heavy (non-hydrogen) atoms. The molecule has 0 saturated heterocycles. The summed E-state index contributed by atoms with van der Waals surface area (Å²) >= 11 is 6.07. The minimum atomic E-state index is -0.518. The first-order valence-corrected chi connectivity index (χ1v) is 8.71. The molecule has 0 saturated carbocycles. The second-order valence-corrected chi connectivity index (χ2v) is 6.34. The molecule has 1 aromatic heterocycles. The van der Waals surface area contributed by atoms with Crippen molar-refractivity contribution in [3.63, 3.8) is 0 Å². The number of aryl methyl sites for hydroxylation is 1. The lowest BCUT2D eigenvalue weighted by molar-refractivity contribution is 0.101. The van der Waals surface area contributed by atoms with Crippen LogP contribution in [0.25, 0.3) is 0 Å². The second kappa shape index (κ2) is 8.33. The molecule has 2 N–H and O–H groups in total. The zero-order valence-electron chi connectivity index (χ0n) is 14.9. The third kappa shape index (κ3) is 4.34. The lowest BCUT2D eigenvalue weighted by Crippen LogP contribution is -2.18. The number of nitrogens with zero attached hydrogens (tertiary/aromatic N) is 2. The second-order valence-electron chi connectivity index (χ2n) is 5.94. The van der Waals surface area contributed by atoms with Crippen molar-refractivity contribution in [1.82, 2.24) is 4.98 Å². The van der Waals surface area contributed by atoms with E-state index in [1.807, 2.05) is 13.0 Å². The third-order valence-electron chi connectivity index (χ3n) is 3.94. The number of pyridine rings is 1. The lowest BCUT2D eigenvalue weighted by atomic mass is 10.2. The summed E-state index contributed by atoms with van der Waals surface area (Å²) in [6.45, 7) is 1.86. The van der Waals surface area contributed by atoms with Gasteiger partial charge in [-0.1, -0.05) is 35.9 Å². The predicted octanol–water partition coefficient (Wildman–Crippen LogP) is 4.42. The summed E-state index contributed by atoms with van der Waals surface area (Å²) in [5.41, 5.74) is 2.27. The Morgan fingerprint density at radius 1 is 0.964 bits per heavy atom. The zero-order valence-corrected chi connectivity index (χ0v) is 15.6. The molecule has 0 radical (unpaired) electrons. The summed E-state index contributed by atoms with van der Waals surface area (Å²) < 4.78 is 0. The Morgan fingerprint density at radius 3 is 2.32 bits per heavy atom. The average molecular weight is 391 g/mol. The Hall–Kier alpha value is -3.69. The van der Waals surface area contributed by atoms with Crippen LogP contribution in [-0.2, 0) is 0 Å². The number of hydrogen-bond acceptors (Lipinski definition) is 4. The summed E-state index contributed by atoms with van der Waals surface area (Å²) in [7, 11) is 0. The van der Waals surface area contributed by atoms with Gasteiger partial charge >= 0.3 is 0 Å². The lowest BCUT2D eigenvalue weighted by Gasteiger charge is -2.09. The minimum Gasteiger partial charge on any atom is -0.321 e. The van der Waals surface area contributed by atoms with Crippen LogP contribution in [0, 0.1) is 18.3 Å². The highest BCUT2D eigenvalue weighted by molar-refractivity contribution is 6.31. The van der Waals surface area contributed by atoms with Crippen molar-refractivity contribution < 1.29 is 9.59 Å². The van der Waals surface area contributed by atoms with E-state index < -0.39 is 11.8 Å². The number of anilines is 2. The number of nitrogens with one attached hydrogen (secondary N) is 2. The largest absolute Gasteiger partial charge is 0.321 e. The predicted molar refractivity (Wildman–Crippen MR) is 107 cm³/mol. The molecule has 0 aliphatic carbocycles. The summed E-state index contributed by atoms with van der Waals surface area (Å²) in [5.74, 6) is -0.984. The van der Waals surface area contributed by atoms with Crippen LogP contribution in [0.3, 0.4) is 0 Å². The van der Waals surface area contributed by atoms with Gasteiger partial charge in [0.1, 0.15) is 17.5 Å². The summed E-state index contributed by atoms with van der Waals surface area (Å²) in [6.07, 6.45) is 0. The molecule has 0 unspecified atom stereocenters. The van der Waals surface area contributed by atoms with Gasteiger partial charge in [-0.15, -0.1) is 0 Å². The van der Waals surface area contributed by atoms with E-state index in [1.165, 1.54) is 12.1 Å². The number of carbonyl (C=O) groups is 2. The van der Waals surface area contributed by atoms with Gasteiger partial charge < -0.3 is 10.6 Å². The summed E-state index contributed by atoms with van der Waals surface area (Å²) in [5, 5.41) is 15.0. The molecule has 0 bridgehead atoms. The van der Waals surface area contributed by atoms with Gasteiger partial charge in [-0.05, 0) is 48.9 Å². The molecule has 0 aliphatic rings. The maximum Gasteiger partial charge on any atom is 0.274 e. The summed E-state index contributed by atoms with van der Waals surface area (Å²) in [6, 6.07) is 18.4. The first-order valence-electron chi connectivity index (χ1n) is 8.33. The van der Waals surface area contributed by atoms with Crippen LogP contribution < -0.4 is 10.6 Å². The molecule has 0 aliphatic heterocycles. The number of hydrogen-bond donors (Lipinski definition) is 2. The molecule has 0 atom stereocenters. The van der Waals surface area contributed by atoms with Gasteiger partial charge in [0, 0.05) is 10.7 Å². The van der Waals surface area contributed by atoms with Crippen LogP contribution in [-0.4, -0.2) is 16.8 Å². The maximum absolute atomic E-state index is 12.5. The van der Waals surface area contributed by atoms with Crippen LogP contribution in [0.2, 0.25) is 5.02 Å². The molecule has 7 heteroatoms. The van der Waals surface area contributed by atoms with E-state index in [0.29, 0.717) is 22.0 Å². The van der Waals surface area contributed by atoms with E-state index in [9.17, 15) is 9.59 Å². The van der Waals surface area contributed by atoms with Crippen molar-refractivity contribution >= 4 is 34.8 Å². The number of nitriles is 1. The number of benzene rings is 2. The molecule has 138 valence electrons. The van der Waals surface area contributed by atoms with Gasteiger partial charge in [-0.3, -0.25) is 9.59 Å². The van der Waals surface area contributed by atoms with Gasteiger partial charge in [0.25, 0.3) is 11.8 Å². The Balaban J connectivity index is 1.77. The van der Waals surface area contributed by atoms with Crippen LogP contribution >= 0.6 is 11.6 Å². The van der Waals surface area contributed by atoms with Crippen LogP contribution in [0.4, 0.5) is 11.4 Å². The van der Waals surface area contributed by atoms with Gasteiger partial charge in [0.15, 0.2) is 0 Å². The monoisotopic (exact) mass is 390 g/mol. The van der Waals surface area contributed by atoms with Crippen LogP contribution in [0.1, 0.15) is 32.1 Å². The molecule has 0 spiro atoms. The fourth-order valence-electron chi connectivity index (χ4n) is 2.43. The highest BCUT2D eigenvalue weighted by atomic mass is 35.5. The van der Waals surface area contributed by atoms with Crippen molar-refractivity contribution in [3.05, 3.63) is 88.2 Å². The first kappa shape index (κ1) is 19.1. The minimum absolute atomic E-state index is 0.0577. The summed E-state index contributed by atoms with van der Waals surface area (Å²) in [4.78, 5) is 29.0. The molecule has 6 nitrogen and oxygen atoms in total. The van der Waals surface area contributed by atoms with Gasteiger partial charge in [0.05, 0.1) is 11.3 Å². The standard InChI is InChI=1S/C21H15ClN4O2/c1-13-9-10-15(11-16(13)22)24-20(27)18-7-4-8-19(25-18)21(28)26-17-6-3-2-5-14(17)12-23/h2-11H,1H3,(H,24,27)(H,26,28). The molecule has 3 aromatic rings. The van der Waals surface area contributed by atoms with Crippen molar-refractivity contribution in [2.45, 2.75) is 6.92 Å². The molecule has 2 aromatic carbocycles. The van der Waals surface area contributed by atoms with Crippen molar-refractivity contribution in [2.24, 2.45) is 0 Å². The quantitative estimate of drug-likeness (QED) is 0.689. The Labute approximate surface area is 166 Å². The molecular weight excluding hydrogens is 376 g/mol. The highest BCUT2D eigenvalue weighted by Gasteiger charge is 2.14. The number of amides is 2. The van der Waals surface area contributed by atoms with Gasteiger partial charge in [-0.25, -0.2) is 4.98 Å². The van der Waals surface area contributed by atoms with E-state index in [1.54, 1.807) is 48.5 Å². The molecule has 1 heterocycles. The van der Waals surface area contributed by atoms with Crippen molar-refractivity contribution in [2.75, 3.05) is 10.6 Å². The van der Waals surface area contributed by atoms with Gasteiger partial charge in [0.2, 0.25) is 0 Å². The Kier molecular flexibility index (Phi) is 5.68. The SMILES string of the molecule is Cc1ccc(NC(=O)c2cccc(C(=O)Nc3ccccc3C#N)n2)cc1Cl. The number of carbonyl (C=O) groups excluding carboxylic acids is 2. The molecule has 3 rings (SSSR count). The molecule has 0 fully saturated rings. The van der Waals surface area contributed by atoms with E-state index in [2.05, 4.69) is 15.6 Å². The molecule has 2 amide bonds. The Bertz CT molecular complexity index is 1110. The zero-order chi connectivity index (χ0) is 20.1. The number of rotatable bonds is 4. The fourth-order valence-corrected chi connectivity index (χ4v) is 2.61. The van der Waals surface area contributed by atoms with Crippen molar-refractivity contribution in [3.8, 4) is 6.07 Å². The third-order valence-corrected chi connectivity index (χ3v) is 4.35. The number of halogens is 1. The topological polar surface area (TPSA) is 94.9 Å². The van der Waals surface area contributed by atoms with E-state index in [4.69, 9.17) is 16.9 Å². The van der Waals surface area contributed by atoms with Crippen LogP contribution in [0.15, 0.2) is 60.7 Å². The average Bonchev–Trinajstić information content (AvgIpc) is 2.71. The number of aromatic nitrogens is 1. The first-order chi connectivity index (χ1) is 13.5. The maximum atomic E-state index is 12.5. The van der Waals surface area contributed by atoms with E-state index in [0.717, 1.165) is 5.56 Å². The normalized spacial score (nSPS) is 10.0. The fraction of sp³-hybridized carbons (Fsp3) is 0.0476. The van der Waals surface area contributed by atoms with E-state index >= 15 is 0 Å². The van der Waals surface area contributed by atoms with E-state index in [-0.39, 0.29) is 11.4 Å². The van der Waals surface area contributed by atoms with Gasteiger partial charge in [-0.2, -0.15) is 5.26 Å². The smallest absolute Gasteiger partial charge is 0.274 e.